The lowest BCUT2D eigenvalue weighted by molar-refractivity contribution is -0.143. The van der Waals surface area contributed by atoms with Crippen LogP contribution in [0.3, 0.4) is 0 Å². The van der Waals surface area contributed by atoms with Crippen molar-refractivity contribution in [2.75, 3.05) is 13.2 Å². The molecule has 0 aliphatic carbocycles. The fraction of sp³-hybridized carbons (Fsp3) is 0.937. The predicted molar refractivity (Wildman–Crippen MR) is 301 cm³/mol. The van der Waals surface area contributed by atoms with Gasteiger partial charge in [-0.3, -0.25) is 9.59 Å². The molecule has 0 bridgehead atoms. The van der Waals surface area contributed by atoms with E-state index in [1.807, 2.05) is 0 Å². The SMILES string of the molecule is CCCC/C=C\CCCCCCCC(=O)OCCCCCCCCCCCCCCCCCCCCCCCCCCCCCCC(=O)NC(CO)C(O)CCCCCCCCCCCCCCC. The molecule has 410 valence electrons. The maximum atomic E-state index is 12.5. The van der Waals surface area contributed by atoms with Crippen LogP contribution in [-0.2, 0) is 14.3 Å². The zero-order chi connectivity index (χ0) is 50.0. The van der Waals surface area contributed by atoms with E-state index in [1.54, 1.807) is 0 Å². The smallest absolute Gasteiger partial charge is 0.305 e. The molecule has 1 amide bonds. The van der Waals surface area contributed by atoms with Gasteiger partial charge in [0.1, 0.15) is 0 Å². The van der Waals surface area contributed by atoms with Gasteiger partial charge in [0.25, 0.3) is 0 Å². The first-order valence-corrected chi connectivity index (χ1v) is 31.4. The molecule has 0 saturated carbocycles. The third kappa shape index (κ3) is 55.8. The van der Waals surface area contributed by atoms with Gasteiger partial charge in [0, 0.05) is 12.8 Å². The quantitative estimate of drug-likeness (QED) is 0.0321. The summed E-state index contributed by atoms with van der Waals surface area (Å²) >= 11 is 0. The van der Waals surface area contributed by atoms with E-state index in [0.717, 1.165) is 44.9 Å². The summed E-state index contributed by atoms with van der Waals surface area (Å²) in [6, 6.07) is -0.537. The fourth-order valence-corrected chi connectivity index (χ4v) is 9.98. The second-order valence-corrected chi connectivity index (χ2v) is 21.7. The van der Waals surface area contributed by atoms with E-state index in [1.165, 1.54) is 276 Å². The summed E-state index contributed by atoms with van der Waals surface area (Å²) in [5.41, 5.74) is 0. The van der Waals surface area contributed by atoms with Gasteiger partial charge in [-0.1, -0.05) is 309 Å². The second kappa shape index (κ2) is 59.2. The minimum Gasteiger partial charge on any atom is -0.466 e. The van der Waals surface area contributed by atoms with Gasteiger partial charge in [-0.2, -0.15) is 0 Å². The van der Waals surface area contributed by atoms with Crippen molar-refractivity contribution in [1.82, 2.24) is 5.32 Å². The van der Waals surface area contributed by atoms with Crippen LogP contribution in [0, 0.1) is 0 Å². The Morgan fingerprint density at radius 1 is 0.391 bits per heavy atom. The van der Waals surface area contributed by atoms with Crippen molar-refractivity contribution in [3.05, 3.63) is 12.2 Å². The summed E-state index contributed by atoms with van der Waals surface area (Å²) in [4.78, 5) is 24.5. The number of aliphatic hydroxyl groups excluding tert-OH is 2. The van der Waals surface area contributed by atoms with Crippen molar-refractivity contribution in [2.45, 2.75) is 366 Å². The van der Waals surface area contributed by atoms with Crippen LogP contribution in [0.1, 0.15) is 354 Å². The first kappa shape index (κ1) is 67.6. The first-order chi connectivity index (χ1) is 34.0. The molecule has 0 aliphatic heterocycles. The number of nitrogens with one attached hydrogen (secondary N) is 1. The normalized spacial score (nSPS) is 12.6. The van der Waals surface area contributed by atoms with E-state index in [9.17, 15) is 19.8 Å². The van der Waals surface area contributed by atoms with Gasteiger partial charge in [0.15, 0.2) is 0 Å². The Kier molecular flexibility index (Phi) is 58.0. The van der Waals surface area contributed by atoms with E-state index < -0.39 is 12.1 Å². The lowest BCUT2D eigenvalue weighted by atomic mass is 10.0. The number of allylic oxidation sites excluding steroid dienone is 2. The van der Waals surface area contributed by atoms with E-state index >= 15 is 0 Å². The van der Waals surface area contributed by atoms with Crippen LogP contribution in [0.15, 0.2) is 12.2 Å². The van der Waals surface area contributed by atoms with Crippen LogP contribution in [0.2, 0.25) is 0 Å². The Balaban J connectivity index is 3.33. The lowest BCUT2D eigenvalue weighted by Gasteiger charge is -2.22. The highest BCUT2D eigenvalue weighted by Crippen LogP contribution is 2.18. The number of unbranched alkanes of at least 4 members (excludes halogenated alkanes) is 46. The number of carbonyl (C=O) groups excluding carboxylic acids is 2. The highest BCUT2D eigenvalue weighted by molar-refractivity contribution is 5.76. The third-order valence-electron chi connectivity index (χ3n) is 14.8. The molecule has 0 aliphatic rings. The zero-order valence-corrected chi connectivity index (χ0v) is 46.8. The molecule has 2 atom stereocenters. The molecule has 6 nitrogen and oxygen atoms in total. The van der Waals surface area contributed by atoms with Crippen molar-refractivity contribution in [1.29, 1.82) is 0 Å². The van der Waals surface area contributed by atoms with Crippen molar-refractivity contribution in [3.8, 4) is 0 Å². The first-order valence-electron chi connectivity index (χ1n) is 31.4. The van der Waals surface area contributed by atoms with E-state index in [0.29, 0.717) is 25.9 Å². The molecule has 0 rings (SSSR count). The van der Waals surface area contributed by atoms with Gasteiger partial charge in [-0.25, -0.2) is 0 Å². The molecular formula is C63H123NO5. The number of hydrogen-bond donors (Lipinski definition) is 3. The summed E-state index contributed by atoms with van der Waals surface area (Å²) in [6.07, 6.45) is 70.9. The highest BCUT2D eigenvalue weighted by Gasteiger charge is 2.20. The predicted octanol–water partition coefficient (Wildman–Crippen LogP) is 19.6. The van der Waals surface area contributed by atoms with Gasteiger partial charge in [0.2, 0.25) is 5.91 Å². The molecule has 0 saturated heterocycles. The van der Waals surface area contributed by atoms with Gasteiger partial charge in [-0.15, -0.1) is 0 Å². The van der Waals surface area contributed by atoms with Crippen molar-refractivity contribution in [2.24, 2.45) is 0 Å². The van der Waals surface area contributed by atoms with Crippen molar-refractivity contribution < 1.29 is 24.5 Å². The molecular weight excluding hydrogens is 851 g/mol. The van der Waals surface area contributed by atoms with Crippen LogP contribution in [0.5, 0.6) is 0 Å². The molecule has 3 N–H and O–H groups in total. The van der Waals surface area contributed by atoms with E-state index in [4.69, 9.17) is 4.74 Å². The highest BCUT2D eigenvalue weighted by atomic mass is 16.5. The monoisotopic (exact) mass is 974 g/mol. The Morgan fingerprint density at radius 3 is 1.07 bits per heavy atom. The van der Waals surface area contributed by atoms with Crippen LogP contribution in [0.4, 0.5) is 0 Å². The number of esters is 1. The maximum absolute atomic E-state index is 12.5. The van der Waals surface area contributed by atoms with E-state index in [-0.39, 0.29) is 18.5 Å². The standard InChI is InChI=1S/C63H123NO5/c1-3-5-7-9-11-13-15-32-36-39-43-47-51-55-61(66)60(59-65)64-62(67)56-52-48-44-40-37-33-30-28-26-24-22-20-18-16-17-19-21-23-25-27-29-31-34-38-42-46-50-54-58-69-63(68)57-53-49-45-41-35-14-12-10-8-6-4-2/h10,12,60-61,65-66H,3-9,11,13-59H2,1-2H3,(H,64,67)/b12-10-. The number of aliphatic hydroxyl groups is 2. The summed E-state index contributed by atoms with van der Waals surface area (Å²) in [5, 5.41) is 23.3. The van der Waals surface area contributed by atoms with Crippen LogP contribution in [0.25, 0.3) is 0 Å². The molecule has 2 unspecified atom stereocenters. The average Bonchev–Trinajstić information content (AvgIpc) is 3.35. The van der Waals surface area contributed by atoms with Gasteiger partial charge < -0.3 is 20.3 Å². The zero-order valence-electron chi connectivity index (χ0n) is 46.8. The number of rotatable bonds is 59. The Bertz CT molecular complexity index is 1030. The molecule has 6 heteroatoms. The molecule has 0 aromatic carbocycles. The van der Waals surface area contributed by atoms with Crippen LogP contribution >= 0.6 is 0 Å². The fourth-order valence-electron chi connectivity index (χ4n) is 9.98. The van der Waals surface area contributed by atoms with Crippen molar-refractivity contribution >= 4 is 11.9 Å². The second-order valence-electron chi connectivity index (χ2n) is 21.7. The Morgan fingerprint density at radius 2 is 0.696 bits per heavy atom. The topological polar surface area (TPSA) is 95.9 Å². The molecule has 0 radical (unpaired) electrons. The number of hydrogen-bond acceptors (Lipinski definition) is 5. The number of ether oxygens (including phenoxy) is 1. The summed E-state index contributed by atoms with van der Waals surface area (Å²) < 4.78 is 5.46. The molecule has 0 heterocycles. The number of carbonyl (C=O) groups is 2. The molecule has 69 heavy (non-hydrogen) atoms. The van der Waals surface area contributed by atoms with Crippen molar-refractivity contribution in [3.63, 3.8) is 0 Å². The number of amides is 1. The summed E-state index contributed by atoms with van der Waals surface area (Å²) in [5.74, 6) is -0.0220. The summed E-state index contributed by atoms with van der Waals surface area (Å²) in [6.45, 7) is 4.94. The minimum atomic E-state index is -0.660. The summed E-state index contributed by atoms with van der Waals surface area (Å²) in [7, 11) is 0. The maximum Gasteiger partial charge on any atom is 0.305 e. The van der Waals surface area contributed by atoms with Crippen LogP contribution < -0.4 is 5.32 Å². The minimum absolute atomic E-state index is 0.00810. The molecule has 0 aromatic heterocycles. The Hall–Kier alpha value is -1.40. The molecule has 0 aromatic rings. The Labute approximate surface area is 431 Å². The molecule has 0 spiro atoms. The van der Waals surface area contributed by atoms with E-state index in [2.05, 4.69) is 31.3 Å². The molecule has 0 fully saturated rings. The van der Waals surface area contributed by atoms with Crippen LogP contribution in [-0.4, -0.2) is 47.4 Å². The van der Waals surface area contributed by atoms with Gasteiger partial charge in [0.05, 0.1) is 25.4 Å². The van der Waals surface area contributed by atoms with Gasteiger partial charge in [-0.05, 0) is 44.9 Å². The lowest BCUT2D eigenvalue weighted by Crippen LogP contribution is -2.45. The third-order valence-corrected chi connectivity index (χ3v) is 14.8. The largest absolute Gasteiger partial charge is 0.466 e. The average molecular weight is 975 g/mol. The van der Waals surface area contributed by atoms with Gasteiger partial charge >= 0.3 is 5.97 Å².